The number of halogens is 2. The standard InChI is InChI=1S/C14H15BrNO.HI/c15-14-6-4-5-12-11-16(9-7-13(12)14)8-2-1-3-10-17;/h4-7,9-11H,1-3,8H2;1H/q+1;/p-1. The van der Waals surface area contributed by atoms with Gasteiger partial charge in [-0.3, -0.25) is 0 Å². The van der Waals surface area contributed by atoms with E-state index in [1.807, 2.05) is 6.07 Å². The molecule has 0 amide bonds. The quantitative estimate of drug-likeness (QED) is 0.295. The summed E-state index contributed by atoms with van der Waals surface area (Å²) in [6.07, 6.45) is 7.91. The zero-order chi connectivity index (χ0) is 12.1. The minimum absolute atomic E-state index is 0. The number of benzene rings is 1. The summed E-state index contributed by atoms with van der Waals surface area (Å²) in [5, 5.41) is 2.47. The molecule has 0 fully saturated rings. The molecule has 0 bridgehead atoms. The number of hydrogen-bond acceptors (Lipinski definition) is 1. The average Bonchev–Trinajstić information content (AvgIpc) is 2.35. The van der Waals surface area contributed by atoms with E-state index in [0.717, 1.165) is 30.1 Å². The van der Waals surface area contributed by atoms with Gasteiger partial charge in [-0.2, -0.15) is 0 Å². The summed E-state index contributed by atoms with van der Waals surface area (Å²) in [4.78, 5) is 10.2. The fourth-order valence-electron chi connectivity index (χ4n) is 1.90. The fourth-order valence-corrected chi connectivity index (χ4v) is 2.41. The zero-order valence-electron chi connectivity index (χ0n) is 9.98. The lowest BCUT2D eigenvalue weighted by atomic mass is 10.2. The summed E-state index contributed by atoms with van der Waals surface area (Å²) in [7, 11) is 0. The molecule has 0 aliphatic rings. The monoisotopic (exact) mass is 419 g/mol. The van der Waals surface area contributed by atoms with Gasteiger partial charge in [0.1, 0.15) is 12.8 Å². The molecule has 0 aliphatic heterocycles. The Balaban J connectivity index is 0.00000162. The number of nitrogens with zero attached hydrogens (tertiary/aromatic N) is 1. The van der Waals surface area contributed by atoms with Crippen LogP contribution in [0.1, 0.15) is 19.3 Å². The van der Waals surface area contributed by atoms with E-state index in [9.17, 15) is 4.79 Å². The number of unbranched alkanes of at least 4 members (excludes halogenated alkanes) is 2. The number of aromatic nitrogens is 1. The maximum atomic E-state index is 10.2. The topological polar surface area (TPSA) is 20.9 Å². The Morgan fingerprint density at radius 2 is 2.06 bits per heavy atom. The normalized spacial score (nSPS) is 10.1. The van der Waals surface area contributed by atoms with Gasteiger partial charge in [-0.1, -0.05) is 22.0 Å². The van der Waals surface area contributed by atoms with Gasteiger partial charge in [0.25, 0.3) is 0 Å². The molecule has 0 radical (unpaired) electrons. The van der Waals surface area contributed by atoms with E-state index in [2.05, 4.69) is 51.1 Å². The number of pyridine rings is 1. The van der Waals surface area contributed by atoms with Crippen molar-refractivity contribution in [3.8, 4) is 0 Å². The van der Waals surface area contributed by atoms with Crippen LogP contribution >= 0.6 is 15.9 Å². The zero-order valence-corrected chi connectivity index (χ0v) is 13.7. The molecule has 0 aliphatic carbocycles. The molecule has 18 heavy (non-hydrogen) atoms. The largest absolute Gasteiger partial charge is 1.00 e. The van der Waals surface area contributed by atoms with E-state index < -0.39 is 0 Å². The Morgan fingerprint density at radius 1 is 1.22 bits per heavy atom. The van der Waals surface area contributed by atoms with Crippen molar-refractivity contribution in [2.75, 3.05) is 0 Å². The molecule has 0 saturated heterocycles. The molecule has 1 aromatic heterocycles. The van der Waals surface area contributed by atoms with Gasteiger partial charge in [0, 0.05) is 34.2 Å². The molecule has 0 spiro atoms. The molecule has 0 atom stereocenters. The number of fused-ring (bicyclic) bond motifs is 1. The second kappa shape index (κ2) is 7.84. The summed E-state index contributed by atoms with van der Waals surface area (Å²) in [5.74, 6) is 0. The second-order valence-electron chi connectivity index (χ2n) is 4.09. The Kier molecular flexibility index (Phi) is 6.78. The Bertz CT molecular complexity index is 530. The first-order chi connectivity index (χ1) is 8.31. The van der Waals surface area contributed by atoms with Crippen LogP contribution in [-0.2, 0) is 11.3 Å². The average molecular weight is 420 g/mol. The number of carbonyl (C=O) groups is 1. The molecular formula is C14H15BrINO. The lowest BCUT2D eigenvalue weighted by Crippen LogP contribution is -3.00. The number of rotatable bonds is 5. The van der Waals surface area contributed by atoms with Crippen LogP contribution < -0.4 is 28.5 Å². The fraction of sp³-hybridized carbons (Fsp3) is 0.286. The lowest BCUT2D eigenvalue weighted by Gasteiger charge is -2.00. The van der Waals surface area contributed by atoms with Crippen LogP contribution in [0.25, 0.3) is 10.8 Å². The van der Waals surface area contributed by atoms with Crippen molar-refractivity contribution in [2.24, 2.45) is 0 Å². The van der Waals surface area contributed by atoms with Gasteiger partial charge in [0.2, 0.25) is 0 Å². The van der Waals surface area contributed by atoms with Crippen LogP contribution in [0.5, 0.6) is 0 Å². The van der Waals surface area contributed by atoms with Gasteiger partial charge in [0.15, 0.2) is 12.4 Å². The van der Waals surface area contributed by atoms with Gasteiger partial charge >= 0.3 is 0 Å². The second-order valence-corrected chi connectivity index (χ2v) is 4.94. The van der Waals surface area contributed by atoms with Gasteiger partial charge in [-0.25, -0.2) is 4.57 Å². The number of hydrogen-bond donors (Lipinski definition) is 0. The van der Waals surface area contributed by atoms with E-state index in [1.54, 1.807) is 0 Å². The summed E-state index contributed by atoms with van der Waals surface area (Å²) in [5.41, 5.74) is 0. The van der Waals surface area contributed by atoms with Crippen LogP contribution in [-0.4, -0.2) is 6.29 Å². The maximum Gasteiger partial charge on any atom is 0.176 e. The first kappa shape index (κ1) is 15.6. The minimum atomic E-state index is 0. The molecule has 1 aromatic carbocycles. The molecule has 96 valence electrons. The van der Waals surface area contributed by atoms with Gasteiger partial charge in [-0.15, -0.1) is 0 Å². The van der Waals surface area contributed by atoms with Crippen LogP contribution in [0.3, 0.4) is 0 Å². The minimum Gasteiger partial charge on any atom is -1.00 e. The van der Waals surface area contributed by atoms with Crippen molar-refractivity contribution in [2.45, 2.75) is 25.8 Å². The molecule has 2 rings (SSSR count). The predicted molar refractivity (Wildman–Crippen MR) is 71.8 cm³/mol. The first-order valence-corrected chi connectivity index (χ1v) is 6.61. The molecule has 2 nitrogen and oxygen atoms in total. The Hall–Kier alpha value is -0.490. The van der Waals surface area contributed by atoms with Gasteiger partial charge in [0.05, 0.1) is 0 Å². The number of aryl methyl sites for hydroxylation is 1. The van der Waals surface area contributed by atoms with E-state index in [1.165, 1.54) is 10.8 Å². The van der Waals surface area contributed by atoms with Gasteiger partial charge in [-0.05, 0) is 18.6 Å². The van der Waals surface area contributed by atoms with Crippen molar-refractivity contribution in [3.05, 3.63) is 41.1 Å². The SMILES string of the molecule is O=CCCCC[n+]1ccc2c(Br)cccc2c1.[I-]. The number of aldehydes is 1. The van der Waals surface area contributed by atoms with E-state index in [0.29, 0.717) is 6.42 Å². The molecule has 0 unspecified atom stereocenters. The molecule has 4 heteroatoms. The smallest absolute Gasteiger partial charge is 0.176 e. The van der Waals surface area contributed by atoms with Gasteiger partial charge < -0.3 is 28.8 Å². The van der Waals surface area contributed by atoms with E-state index >= 15 is 0 Å². The van der Waals surface area contributed by atoms with Crippen molar-refractivity contribution in [1.29, 1.82) is 0 Å². The van der Waals surface area contributed by atoms with E-state index in [4.69, 9.17) is 0 Å². The highest BCUT2D eigenvalue weighted by Gasteiger charge is 2.04. The highest BCUT2D eigenvalue weighted by atomic mass is 127. The maximum absolute atomic E-state index is 10.2. The van der Waals surface area contributed by atoms with Crippen molar-refractivity contribution < 1.29 is 33.3 Å². The molecule has 0 saturated carbocycles. The van der Waals surface area contributed by atoms with Crippen molar-refractivity contribution >= 4 is 33.0 Å². The molecule has 1 heterocycles. The van der Waals surface area contributed by atoms with Crippen LogP contribution in [0.4, 0.5) is 0 Å². The predicted octanol–water partition coefficient (Wildman–Crippen LogP) is 0.263. The third-order valence-electron chi connectivity index (χ3n) is 2.81. The highest BCUT2D eigenvalue weighted by Crippen LogP contribution is 2.21. The molecular weight excluding hydrogens is 405 g/mol. The third kappa shape index (κ3) is 4.02. The Labute approximate surface area is 133 Å². The van der Waals surface area contributed by atoms with Crippen molar-refractivity contribution in [3.63, 3.8) is 0 Å². The van der Waals surface area contributed by atoms with Crippen molar-refractivity contribution in [1.82, 2.24) is 0 Å². The van der Waals surface area contributed by atoms with Crippen LogP contribution in [0.2, 0.25) is 0 Å². The summed E-state index contributed by atoms with van der Waals surface area (Å²) in [6.45, 7) is 0.969. The van der Waals surface area contributed by atoms with Crippen LogP contribution in [0.15, 0.2) is 41.1 Å². The lowest BCUT2D eigenvalue weighted by molar-refractivity contribution is -0.696. The first-order valence-electron chi connectivity index (χ1n) is 5.82. The Morgan fingerprint density at radius 3 is 2.83 bits per heavy atom. The highest BCUT2D eigenvalue weighted by molar-refractivity contribution is 9.10. The molecule has 2 aromatic rings. The molecule has 0 N–H and O–H groups in total. The summed E-state index contributed by atoms with van der Waals surface area (Å²) in [6, 6.07) is 8.33. The summed E-state index contributed by atoms with van der Waals surface area (Å²) < 4.78 is 3.31. The third-order valence-corrected chi connectivity index (χ3v) is 3.50. The number of carbonyl (C=O) groups excluding carboxylic acids is 1. The summed E-state index contributed by atoms with van der Waals surface area (Å²) >= 11 is 3.55. The van der Waals surface area contributed by atoms with E-state index in [-0.39, 0.29) is 24.0 Å². The van der Waals surface area contributed by atoms with Crippen LogP contribution in [0, 0.1) is 0 Å².